The number of fused-ring (bicyclic) bond motifs is 1. The van der Waals surface area contributed by atoms with E-state index < -0.39 is 0 Å². The SMILES string of the molecule is CC1(NCc2cccc3ccccc23)CCOC1. The fourth-order valence-electron chi connectivity index (χ4n) is 2.56. The van der Waals surface area contributed by atoms with E-state index in [9.17, 15) is 0 Å². The van der Waals surface area contributed by atoms with Crippen LogP contribution in [0, 0.1) is 0 Å². The van der Waals surface area contributed by atoms with Crippen LogP contribution in [0.4, 0.5) is 0 Å². The van der Waals surface area contributed by atoms with Crippen molar-refractivity contribution in [3.05, 3.63) is 48.0 Å². The molecular weight excluding hydrogens is 222 g/mol. The Morgan fingerprint density at radius 2 is 2.00 bits per heavy atom. The molecule has 18 heavy (non-hydrogen) atoms. The fourth-order valence-corrected chi connectivity index (χ4v) is 2.56. The molecule has 1 atom stereocenters. The Hall–Kier alpha value is -1.38. The van der Waals surface area contributed by atoms with Crippen LogP contribution in [0.25, 0.3) is 10.8 Å². The van der Waals surface area contributed by atoms with Crippen LogP contribution >= 0.6 is 0 Å². The summed E-state index contributed by atoms with van der Waals surface area (Å²) in [6, 6.07) is 15.1. The third-order valence-electron chi connectivity index (χ3n) is 3.80. The molecule has 1 N–H and O–H groups in total. The minimum atomic E-state index is 0.136. The van der Waals surface area contributed by atoms with Gasteiger partial charge in [-0.25, -0.2) is 0 Å². The Kier molecular flexibility index (Phi) is 3.06. The van der Waals surface area contributed by atoms with Crippen molar-refractivity contribution in [3.8, 4) is 0 Å². The molecule has 1 unspecified atom stereocenters. The maximum absolute atomic E-state index is 5.47. The van der Waals surface area contributed by atoms with Gasteiger partial charge in [0.25, 0.3) is 0 Å². The maximum Gasteiger partial charge on any atom is 0.0646 e. The maximum atomic E-state index is 5.47. The number of nitrogens with one attached hydrogen (secondary N) is 1. The Labute approximate surface area is 108 Å². The van der Waals surface area contributed by atoms with Crippen LogP contribution in [0.5, 0.6) is 0 Å². The van der Waals surface area contributed by atoms with Gasteiger partial charge in [-0.15, -0.1) is 0 Å². The number of hydrogen-bond acceptors (Lipinski definition) is 2. The molecule has 1 aliphatic heterocycles. The Balaban J connectivity index is 1.82. The van der Waals surface area contributed by atoms with E-state index >= 15 is 0 Å². The molecule has 2 nitrogen and oxygen atoms in total. The van der Waals surface area contributed by atoms with Gasteiger partial charge >= 0.3 is 0 Å². The highest BCUT2D eigenvalue weighted by Gasteiger charge is 2.28. The normalized spacial score (nSPS) is 23.6. The van der Waals surface area contributed by atoms with Gasteiger partial charge in [0.2, 0.25) is 0 Å². The molecular formula is C16H19NO. The van der Waals surface area contributed by atoms with Crippen LogP contribution in [-0.2, 0) is 11.3 Å². The standard InChI is InChI=1S/C16H19NO/c1-16(9-10-18-12-16)17-11-14-7-4-6-13-5-2-3-8-15(13)14/h2-8,17H,9-12H2,1H3. The Bertz CT molecular complexity index is 538. The van der Waals surface area contributed by atoms with Gasteiger partial charge in [-0.05, 0) is 29.7 Å². The van der Waals surface area contributed by atoms with Gasteiger partial charge in [0.15, 0.2) is 0 Å². The van der Waals surface area contributed by atoms with E-state index in [1.807, 2.05) is 0 Å². The zero-order chi connectivity index (χ0) is 12.4. The van der Waals surface area contributed by atoms with Crippen LogP contribution in [-0.4, -0.2) is 18.8 Å². The topological polar surface area (TPSA) is 21.3 Å². The summed E-state index contributed by atoms with van der Waals surface area (Å²) in [5, 5.41) is 6.29. The predicted octanol–water partition coefficient (Wildman–Crippen LogP) is 3.11. The summed E-state index contributed by atoms with van der Waals surface area (Å²) in [6.45, 7) is 4.84. The summed E-state index contributed by atoms with van der Waals surface area (Å²) in [5.74, 6) is 0. The molecule has 2 aromatic carbocycles. The third-order valence-corrected chi connectivity index (χ3v) is 3.80. The average Bonchev–Trinajstić information content (AvgIpc) is 2.84. The van der Waals surface area contributed by atoms with Crippen molar-refractivity contribution < 1.29 is 4.74 Å². The highest BCUT2D eigenvalue weighted by Crippen LogP contribution is 2.21. The Morgan fingerprint density at radius 3 is 2.83 bits per heavy atom. The number of benzene rings is 2. The van der Waals surface area contributed by atoms with E-state index in [4.69, 9.17) is 4.74 Å². The lowest BCUT2D eigenvalue weighted by Gasteiger charge is -2.24. The number of rotatable bonds is 3. The van der Waals surface area contributed by atoms with Crippen LogP contribution in [0.15, 0.2) is 42.5 Å². The van der Waals surface area contributed by atoms with Crippen molar-refractivity contribution in [2.24, 2.45) is 0 Å². The number of hydrogen-bond donors (Lipinski definition) is 1. The molecule has 1 heterocycles. The van der Waals surface area contributed by atoms with Gasteiger partial charge in [0, 0.05) is 18.7 Å². The largest absolute Gasteiger partial charge is 0.379 e. The van der Waals surface area contributed by atoms with Crippen LogP contribution < -0.4 is 5.32 Å². The minimum absolute atomic E-state index is 0.136. The van der Waals surface area contributed by atoms with Crippen molar-refractivity contribution in [1.29, 1.82) is 0 Å². The highest BCUT2D eigenvalue weighted by atomic mass is 16.5. The van der Waals surface area contributed by atoms with Crippen LogP contribution in [0.2, 0.25) is 0 Å². The molecule has 0 aromatic heterocycles. The first-order valence-electron chi connectivity index (χ1n) is 6.56. The fraction of sp³-hybridized carbons (Fsp3) is 0.375. The molecule has 0 bridgehead atoms. The second-order valence-electron chi connectivity index (χ2n) is 5.36. The molecule has 3 rings (SSSR count). The molecule has 1 saturated heterocycles. The first-order valence-corrected chi connectivity index (χ1v) is 6.56. The van der Waals surface area contributed by atoms with E-state index in [2.05, 4.69) is 54.7 Å². The summed E-state index contributed by atoms with van der Waals surface area (Å²) in [6.07, 6.45) is 1.10. The van der Waals surface area contributed by atoms with Crippen molar-refractivity contribution in [2.75, 3.05) is 13.2 Å². The highest BCUT2D eigenvalue weighted by molar-refractivity contribution is 5.85. The van der Waals surface area contributed by atoms with E-state index in [-0.39, 0.29) is 5.54 Å². The van der Waals surface area contributed by atoms with Crippen molar-refractivity contribution >= 4 is 10.8 Å². The molecule has 1 fully saturated rings. The van der Waals surface area contributed by atoms with Gasteiger partial charge < -0.3 is 10.1 Å². The van der Waals surface area contributed by atoms with Gasteiger partial charge in [0.1, 0.15) is 0 Å². The van der Waals surface area contributed by atoms with E-state index in [0.717, 1.165) is 26.2 Å². The first-order chi connectivity index (χ1) is 8.77. The van der Waals surface area contributed by atoms with E-state index in [1.54, 1.807) is 0 Å². The molecule has 2 heteroatoms. The lowest BCUT2D eigenvalue weighted by atomic mass is 10.00. The van der Waals surface area contributed by atoms with Crippen LogP contribution in [0.1, 0.15) is 18.9 Å². The second-order valence-corrected chi connectivity index (χ2v) is 5.36. The molecule has 0 saturated carbocycles. The third kappa shape index (κ3) is 2.26. The molecule has 0 radical (unpaired) electrons. The predicted molar refractivity (Wildman–Crippen MR) is 74.6 cm³/mol. The summed E-state index contributed by atoms with van der Waals surface area (Å²) < 4.78 is 5.47. The zero-order valence-corrected chi connectivity index (χ0v) is 10.8. The van der Waals surface area contributed by atoms with Gasteiger partial charge in [-0.1, -0.05) is 42.5 Å². The summed E-state index contributed by atoms with van der Waals surface area (Å²) in [4.78, 5) is 0. The molecule has 0 amide bonds. The van der Waals surface area contributed by atoms with Crippen molar-refractivity contribution in [1.82, 2.24) is 5.32 Å². The minimum Gasteiger partial charge on any atom is -0.379 e. The Morgan fingerprint density at radius 1 is 1.17 bits per heavy atom. The zero-order valence-electron chi connectivity index (χ0n) is 10.8. The summed E-state index contributed by atoms with van der Waals surface area (Å²) >= 11 is 0. The molecule has 0 aliphatic carbocycles. The number of ether oxygens (including phenoxy) is 1. The quantitative estimate of drug-likeness (QED) is 0.891. The molecule has 0 spiro atoms. The van der Waals surface area contributed by atoms with E-state index in [0.29, 0.717) is 0 Å². The summed E-state index contributed by atoms with van der Waals surface area (Å²) in [5.41, 5.74) is 1.50. The van der Waals surface area contributed by atoms with Crippen molar-refractivity contribution in [2.45, 2.75) is 25.4 Å². The monoisotopic (exact) mass is 241 g/mol. The summed E-state index contributed by atoms with van der Waals surface area (Å²) in [7, 11) is 0. The molecule has 94 valence electrons. The van der Waals surface area contributed by atoms with Gasteiger partial charge in [-0.2, -0.15) is 0 Å². The second kappa shape index (κ2) is 4.71. The molecule has 2 aromatic rings. The lowest BCUT2D eigenvalue weighted by Crippen LogP contribution is -2.42. The van der Waals surface area contributed by atoms with Crippen molar-refractivity contribution in [3.63, 3.8) is 0 Å². The lowest BCUT2D eigenvalue weighted by molar-refractivity contribution is 0.171. The van der Waals surface area contributed by atoms with Crippen LogP contribution in [0.3, 0.4) is 0 Å². The smallest absolute Gasteiger partial charge is 0.0646 e. The first kappa shape index (κ1) is 11.7. The van der Waals surface area contributed by atoms with Gasteiger partial charge in [0.05, 0.1) is 6.61 Å². The van der Waals surface area contributed by atoms with E-state index in [1.165, 1.54) is 16.3 Å². The molecule has 1 aliphatic rings. The average molecular weight is 241 g/mol. The van der Waals surface area contributed by atoms with Gasteiger partial charge in [-0.3, -0.25) is 0 Å².